The first-order valence-electron chi connectivity index (χ1n) is 6.54. The summed E-state index contributed by atoms with van der Waals surface area (Å²) in [6, 6.07) is 19.3. The molecule has 2 aromatic carbocycles. The van der Waals surface area contributed by atoms with Gasteiger partial charge in [0.2, 0.25) is 0 Å². The van der Waals surface area contributed by atoms with Gasteiger partial charge in [-0.05, 0) is 29.8 Å². The van der Waals surface area contributed by atoms with Crippen LogP contribution in [-0.2, 0) is 0 Å². The molecule has 0 bridgehead atoms. The van der Waals surface area contributed by atoms with Crippen molar-refractivity contribution in [2.75, 3.05) is 19.0 Å². The normalized spacial score (nSPS) is 10.6. The van der Waals surface area contributed by atoms with E-state index < -0.39 is 0 Å². The van der Waals surface area contributed by atoms with Gasteiger partial charge >= 0.3 is 0 Å². The second-order valence-corrected chi connectivity index (χ2v) is 4.81. The van der Waals surface area contributed by atoms with E-state index in [4.69, 9.17) is 5.26 Å². The highest BCUT2D eigenvalue weighted by Crippen LogP contribution is 2.22. The zero-order valence-corrected chi connectivity index (χ0v) is 12.0. The molecule has 0 aliphatic carbocycles. The van der Waals surface area contributed by atoms with E-state index in [2.05, 4.69) is 12.1 Å². The van der Waals surface area contributed by atoms with Gasteiger partial charge in [0.1, 0.15) is 0 Å². The monoisotopic (exact) mass is 273 g/mol. The fraction of sp³-hybridized carbons (Fsp3) is 0.111. The van der Waals surface area contributed by atoms with Gasteiger partial charge in [0.25, 0.3) is 0 Å². The second-order valence-electron chi connectivity index (χ2n) is 4.81. The second kappa shape index (κ2) is 6.41. The molecule has 2 rings (SSSR count). The van der Waals surface area contributed by atoms with Crippen molar-refractivity contribution in [2.45, 2.75) is 0 Å². The summed E-state index contributed by atoms with van der Waals surface area (Å²) in [5.41, 5.74) is 3.70. The summed E-state index contributed by atoms with van der Waals surface area (Å²) in [4.78, 5) is 2.02. The number of nitrogens with zero attached hydrogens (tertiary/aromatic N) is 3. The Hall–Kier alpha value is -3.04. The van der Waals surface area contributed by atoms with Crippen molar-refractivity contribution in [3.8, 4) is 12.1 Å². The summed E-state index contributed by atoms with van der Waals surface area (Å²) in [6.07, 6.45) is 1.80. The fourth-order valence-electron chi connectivity index (χ4n) is 2.02. The van der Waals surface area contributed by atoms with Crippen molar-refractivity contribution >= 4 is 17.3 Å². The molecule has 102 valence electrons. The van der Waals surface area contributed by atoms with Crippen LogP contribution in [0.25, 0.3) is 11.6 Å². The summed E-state index contributed by atoms with van der Waals surface area (Å²) in [5.74, 6) is 0. The van der Waals surface area contributed by atoms with E-state index in [-0.39, 0.29) is 0 Å². The highest BCUT2D eigenvalue weighted by atomic mass is 15.1. The number of hydrogen-bond donors (Lipinski definition) is 0. The van der Waals surface area contributed by atoms with Crippen LogP contribution in [-0.4, -0.2) is 14.1 Å². The molecule has 0 unspecified atom stereocenters. The standard InChI is InChI=1S/C18H15N3/c1-21(2)17-9-7-14(8-10-17)11-16(13-20)18-6-4-3-5-15(18)12-19/h3-11H,1-2H3. The van der Waals surface area contributed by atoms with Crippen LogP contribution in [0.2, 0.25) is 0 Å². The van der Waals surface area contributed by atoms with Crippen LogP contribution in [0, 0.1) is 22.7 Å². The smallest absolute Gasteiger partial charge is 0.0998 e. The van der Waals surface area contributed by atoms with Crippen LogP contribution in [0.3, 0.4) is 0 Å². The Kier molecular flexibility index (Phi) is 4.39. The predicted molar refractivity (Wildman–Crippen MR) is 85.4 cm³/mol. The molecule has 21 heavy (non-hydrogen) atoms. The van der Waals surface area contributed by atoms with Gasteiger partial charge in [-0.25, -0.2) is 0 Å². The van der Waals surface area contributed by atoms with Gasteiger partial charge in [-0.15, -0.1) is 0 Å². The average Bonchev–Trinajstić information content (AvgIpc) is 2.53. The highest BCUT2D eigenvalue weighted by Gasteiger charge is 2.06. The van der Waals surface area contributed by atoms with Crippen LogP contribution in [0.5, 0.6) is 0 Å². The van der Waals surface area contributed by atoms with Crippen molar-refractivity contribution in [1.82, 2.24) is 0 Å². The maximum atomic E-state index is 9.37. The minimum absolute atomic E-state index is 0.491. The Bertz CT molecular complexity index is 741. The van der Waals surface area contributed by atoms with E-state index in [1.807, 2.05) is 49.3 Å². The largest absolute Gasteiger partial charge is 0.378 e. The number of hydrogen-bond acceptors (Lipinski definition) is 3. The van der Waals surface area contributed by atoms with Crippen molar-refractivity contribution in [2.24, 2.45) is 0 Å². The molecule has 0 aliphatic rings. The fourth-order valence-corrected chi connectivity index (χ4v) is 2.02. The molecule has 0 radical (unpaired) electrons. The zero-order chi connectivity index (χ0) is 15.2. The first-order chi connectivity index (χ1) is 10.2. The lowest BCUT2D eigenvalue weighted by atomic mass is 9.99. The number of anilines is 1. The molecule has 0 aliphatic heterocycles. The SMILES string of the molecule is CN(C)c1ccc(C=C(C#N)c2ccccc2C#N)cc1. The molecule has 0 spiro atoms. The Morgan fingerprint density at radius 3 is 2.24 bits per heavy atom. The molecule has 0 atom stereocenters. The predicted octanol–water partition coefficient (Wildman–Crippen LogP) is 3.69. The number of benzene rings is 2. The maximum absolute atomic E-state index is 9.37. The van der Waals surface area contributed by atoms with Crippen LogP contribution in [0.15, 0.2) is 48.5 Å². The number of nitriles is 2. The lowest BCUT2D eigenvalue weighted by molar-refractivity contribution is 1.13. The van der Waals surface area contributed by atoms with Gasteiger partial charge in [0.05, 0.1) is 23.3 Å². The van der Waals surface area contributed by atoms with Crippen molar-refractivity contribution in [1.29, 1.82) is 10.5 Å². The minimum atomic E-state index is 0.491. The van der Waals surface area contributed by atoms with Gasteiger partial charge in [0, 0.05) is 25.3 Å². The molecule has 2 aromatic rings. The minimum Gasteiger partial charge on any atom is -0.378 e. The van der Waals surface area contributed by atoms with E-state index in [9.17, 15) is 5.26 Å². The molecule has 0 amide bonds. The molecular formula is C18H15N3. The quantitative estimate of drug-likeness (QED) is 0.633. The van der Waals surface area contributed by atoms with E-state index in [0.717, 1.165) is 11.3 Å². The van der Waals surface area contributed by atoms with E-state index >= 15 is 0 Å². The molecule has 3 heteroatoms. The summed E-state index contributed by atoms with van der Waals surface area (Å²) in [5, 5.41) is 18.5. The van der Waals surface area contributed by atoms with E-state index in [1.165, 1.54) is 0 Å². The third-order valence-electron chi connectivity index (χ3n) is 3.18. The summed E-state index contributed by atoms with van der Waals surface area (Å²) >= 11 is 0. The third-order valence-corrected chi connectivity index (χ3v) is 3.18. The lowest BCUT2D eigenvalue weighted by Crippen LogP contribution is -2.07. The Labute approximate surface area is 125 Å². The van der Waals surface area contributed by atoms with Gasteiger partial charge in [-0.2, -0.15) is 10.5 Å². The first-order valence-corrected chi connectivity index (χ1v) is 6.54. The maximum Gasteiger partial charge on any atom is 0.0998 e. The average molecular weight is 273 g/mol. The Morgan fingerprint density at radius 1 is 1.00 bits per heavy atom. The first kappa shape index (κ1) is 14.4. The Balaban J connectivity index is 2.42. The van der Waals surface area contributed by atoms with Gasteiger partial charge < -0.3 is 4.90 Å². The molecule has 0 N–H and O–H groups in total. The molecule has 0 aromatic heterocycles. The summed E-state index contributed by atoms with van der Waals surface area (Å²) in [7, 11) is 3.96. The van der Waals surface area contributed by atoms with Crippen molar-refractivity contribution < 1.29 is 0 Å². The molecule has 3 nitrogen and oxygen atoms in total. The molecule has 0 saturated heterocycles. The van der Waals surface area contributed by atoms with Crippen molar-refractivity contribution in [3.63, 3.8) is 0 Å². The van der Waals surface area contributed by atoms with Gasteiger partial charge in [-0.3, -0.25) is 0 Å². The van der Waals surface area contributed by atoms with Crippen LogP contribution in [0.1, 0.15) is 16.7 Å². The number of allylic oxidation sites excluding steroid dienone is 1. The van der Waals surface area contributed by atoms with Gasteiger partial charge in [-0.1, -0.05) is 30.3 Å². The summed E-state index contributed by atoms with van der Waals surface area (Å²) in [6.45, 7) is 0. The third kappa shape index (κ3) is 3.29. The molecular weight excluding hydrogens is 258 g/mol. The van der Waals surface area contributed by atoms with Crippen molar-refractivity contribution in [3.05, 3.63) is 65.2 Å². The molecule has 0 heterocycles. The molecule has 0 saturated carbocycles. The zero-order valence-electron chi connectivity index (χ0n) is 12.0. The Morgan fingerprint density at radius 2 is 1.67 bits per heavy atom. The van der Waals surface area contributed by atoms with E-state index in [0.29, 0.717) is 16.7 Å². The van der Waals surface area contributed by atoms with Crippen LogP contribution < -0.4 is 4.90 Å². The van der Waals surface area contributed by atoms with E-state index in [1.54, 1.807) is 24.3 Å². The summed E-state index contributed by atoms with van der Waals surface area (Å²) < 4.78 is 0. The lowest BCUT2D eigenvalue weighted by Gasteiger charge is -2.12. The topological polar surface area (TPSA) is 50.8 Å². The van der Waals surface area contributed by atoms with Crippen LogP contribution in [0.4, 0.5) is 5.69 Å². The van der Waals surface area contributed by atoms with Gasteiger partial charge in [0.15, 0.2) is 0 Å². The molecule has 0 fully saturated rings. The highest BCUT2D eigenvalue weighted by molar-refractivity contribution is 5.91. The number of rotatable bonds is 3. The van der Waals surface area contributed by atoms with Crippen LogP contribution >= 0.6 is 0 Å².